The number of hydrogen-bond donors (Lipinski definition) is 0. The maximum Gasteiger partial charge on any atom is 0.360 e. The quantitative estimate of drug-likeness (QED) is 0.531. The Hall–Kier alpha value is -1.75. The van der Waals surface area contributed by atoms with Gasteiger partial charge in [0.25, 0.3) is 0 Å². The Morgan fingerprint density at radius 1 is 1.27 bits per heavy atom. The van der Waals surface area contributed by atoms with E-state index in [0.29, 0.717) is 17.7 Å². The molecular weight excluding hydrogens is 431 g/mol. The molecule has 0 spiro atoms. The lowest BCUT2D eigenvalue weighted by Gasteiger charge is -2.25. The lowest BCUT2D eigenvalue weighted by atomic mass is 10.3. The van der Waals surface area contributed by atoms with Gasteiger partial charge in [-0.25, -0.2) is 17.6 Å². The summed E-state index contributed by atoms with van der Waals surface area (Å²) in [4.78, 5) is 12.3. The van der Waals surface area contributed by atoms with Crippen LogP contribution in [0.3, 0.4) is 0 Å². The third-order valence-electron chi connectivity index (χ3n) is 3.89. The first-order valence-electron chi connectivity index (χ1n) is 7.70. The second-order valence-electron chi connectivity index (χ2n) is 5.65. The smallest absolute Gasteiger partial charge is 0.360 e. The van der Waals surface area contributed by atoms with Crippen LogP contribution in [0.1, 0.15) is 10.5 Å². The average molecular weight is 447 g/mol. The summed E-state index contributed by atoms with van der Waals surface area (Å²) < 4.78 is 52.5. The molecule has 3 rings (SSSR count). The molecule has 0 bridgehead atoms. The Balaban J connectivity index is 1.84. The lowest BCUT2D eigenvalue weighted by Crippen LogP contribution is -2.40. The van der Waals surface area contributed by atoms with Crippen molar-refractivity contribution in [2.24, 2.45) is 7.05 Å². The molecule has 0 N–H and O–H groups in total. The van der Waals surface area contributed by atoms with Gasteiger partial charge in [0.15, 0.2) is 11.6 Å². The maximum atomic E-state index is 13.8. The summed E-state index contributed by atoms with van der Waals surface area (Å²) in [6, 6.07) is 5.24. The zero-order chi connectivity index (χ0) is 18.9. The minimum atomic E-state index is -3.74. The van der Waals surface area contributed by atoms with Gasteiger partial charge in [0.05, 0.1) is 13.2 Å². The monoisotopic (exact) mass is 446 g/mol. The molecule has 0 amide bonds. The Morgan fingerprint density at radius 3 is 2.62 bits per heavy atom. The number of carbonyl (C=O) groups excluding carboxylic acids is 1. The minimum absolute atomic E-state index is 0.000784. The van der Waals surface area contributed by atoms with E-state index in [2.05, 4.69) is 15.9 Å². The summed E-state index contributed by atoms with van der Waals surface area (Å²) in [7, 11) is -2.22. The van der Waals surface area contributed by atoms with Crippen LogP contribution >= 0.6 is 15.9 Å². The number of esters is 1. The molecule has 2 heterocycles. The van der Waals surface area contributed by atoms with Gasteiger partial charge in [0, 0.05) is 30.8 Å². The number of ether oxygens (including phenoxy) is 2. The molecule has 7 nitrogen and oxygen atoms in total. The molecule has 1 aromatic heterocycles. The molecule has 26 heavy (non-hydrogen) atoms. The molecule has 0 atom stereocenters. The first kappa shape index (κ1) is 19.0. The van der Waals surface area contributed by atoms with Crippen molar-refractivity contribution in [3.63, 3.8) is 0 Å². The predicted octanol–water partition coefficient (Wildman–Crippen LogP) is 2.17. The van der Waals surface area contributed by atoms with Gasteiger partial charge in [-0.1, -0.05) is 15.9 Å². The van der Waals surface area contributed by atoms with E-state index in [1.54, 1.807) is 0 Å². The molecule has 1 saturated heterocycles. The summed E-state index contributed by atoms with van der Waals surface area (Å²) in [5.74, 6) is -1.79. The first-order chi connectivity index (χ1) is 12.3. The number of aryl methyl sites for hydroxylation is 1. The fourth-order valence-corrected chi connectivity index (χ4v) is 4.34. The molecule has 0 saturated carbocycles. The average Bonchev–Trinajstić information content (AvgIpc) is 3.01. The van der Waals surface area contributed by atoms with Crippen molar-refractivity contribution in [3.05, 3.63) is 46.4 Å². The first-order valence-corrected chi connectivity index (χ1v) is 9.94. The van der Waals surface area contributed by atoms with Crippen LogP contribution in [0.2, 0.25) is 0 Å². The van der Waals surface area contributed by atoms with Gasteiger partial charge in [-0.3, -0.25) is 0 Å². The van der Waals surface area contributed by atoms with E-state index in [1.807, 2.05) is 0 Å². The van der Waals surface area contributed by atoms with E-state index in [9.17, 15) is 17.6 Å². The Bertz CT molecular complexity index is 938. The molecular formula is C16H16BrFN2O5S. The number of rotatable bonds is 4. The van der Waals surface area contributed by atoms with Crippen molar-refractivity contribution >= 4 is 31.9 Å². The van der Waals surface area contributed by atoms with Crippen LogP contribution < -0.4 is 4.74 Å². The SMILES string of the molecule is Cn1cc(S(=O)(=O)N2CCOCC2)cc1C(=O)Oc1ccc(Br)cc1F. The number of halogens is 2. The van der Waals surface area contributed by atoms with Crippen molar-refractivity contribution < 1.29 is 27.1 Å². The van der Waals surface area contributed by atoms with Gasteiger partial charge >= 0.3 is 5.97 Å². The van der Waals surface area contributed by atoms with Crippen LogP contribution in [-0.2, 0) is 21.8 Å². The van der Waals surface area contributed by atoms with Crippen molar-refractivity contribution in [1.29, 1.82) is 0 Å². The van der Waals surface area contributed by atoms with Crippen molar-refractivity contribution in [2.75, 3.05) is 26.3 Å². The molecule has 2 aromatic rings. The summed E-state index contributed by atoms with van der Waals surface area (Å²) in [5.41, 5.74) is -0.000784. The van der Waals surface area contributed by atoms with Crippen LogP contribution in [0.5, 0.6) is 5.75 Å². The molecule has 1 fully saturated rings. The van der Waals surface area contributed by atoms with Crippen molar-refractivity contribution in [3.8, 4) is 5.75 Å². The van der Waals surface area contributed by atoms with Gasteiger partial charge in [-0.2, -0.15) is 4.31 Å². The third-order valence-corrected chi connectivity index (χ3v) is 6.25. The molecule has 0 unspecified atom stereocenters. The van der Waals surface area contributed by atoms with Crippen molar-refractivity contribution in [2.45, 2.75) is 4.90 Å². The molecule has 1 aliphatic heterocycles. The number of hydrogen-bond acceptors (Lipinski definition) is 5. The topological polar surface area (TPSA) is 77.8 Å². The fraction of sp³-hybridized carbons (Fsp3) is 0.312. The highest BCUT2D eigenvalue weighted by molar-refractivity contribution is 9.10. The third kappa shape index (κ3) is 3.83. The number of benzene rings is 1. The zero-order valence-corrected chi connectivity index (χ0v) is 16.2. The second kappa shape index (κ2) is 7.47. The van der Waals surface area contributed by atoms with Gasteiger partial charge in [-0.15, -0.1) is 0 Å². The predicted molar refractivity (Wildman–Crippen MR) is 94.0 cm³/mol. The van der Waals surface area contributed by atoms with Crippen LogP contribution in [0.4, 0.5) is 4.39 Å². The number of sulfonamides is 1. The van der Waals surface area contributed by atoms with Gasteiger partial charge in [-0.05, 0) is 24.3 Å². The van der Waals surface area contributed by atoms with E-state index in [4.69, 9.17) is 9.47 Å². The highest BCUT2D eigenvalue weighted by Crippen LogP contribution is 2.24. The van der Waals surface area contributed by atoms with E-state index in [1.165, 1.54) is 46.4 Å². The van der Waals surface area contributed by atoms with Crippen molar-refractivity contribution in [1.82, 2.24) is 8.87 Å². The molecule has 0 aliphatic carbocycles. The van der Waals surface area contributed by atoms with Crippen LogP contribution in [-0.4, -0.2) is 49.6 Å². The lowest BCUT2D eigenvalue weighted by molar-refractivity contribution is 0.0717. The molecule has 1 aromatic carbocycles. The Labute approximate surface area is 158 Å². The fourth-order valence-electron chi connectivity index (χ4n) is 2.52. The minimum Gasteiger partial charge on any atom is -0.419 e. The van der Waals surface area contributed by atoms with E-state index in [0.717, 1.165) is 0 Å². The van der Waals surface area contributed by atoms with Crippen LogP contribution in [0.25, 0.3) is 0 Å². The number of nitrogens with zero attached hydrogens (tertiary/aromatic N) is 2. The largest absolute Gasteiger partial charge is 0.419 e. The number of morpholine rings is 1. The summed E-state index contributed by atoms with van der Waals surface area (Å²) in [6.45, 7) is 1.15. The summed E-state index contributed by atoms with van der Waals surface area (Å²) >= 11 is 3.12. The Kier molecular flexibility index (Phi) is 5.47. The van der Waals surface area contributed by atoms with Crippen LogP contribution in [0, 0.1) is 5.82 Å². The number of aromatic nitrogens is 1. The second-order valence-corrected chi connectivity index (χ2v) is 8.51. The summed E-state index contributed by atoms with van der Waals surface area (Å²) in [5, 5.41) is 0. The molecule has 140 valence electrons. The zero-order valence-electron chi connectivity index (χ0n) is 13.8. The standard InChI is InChI=1S/C16H16BrFN2O5S/c1-19-10-12(26(22,23)20-4-6-24-7-5-20)9-14(19)16(21)25-15-3-2-11(17)8-13(15)18/h2-3,8-10H,4-7H2,1H3. The van der Waals surface area contributed by atoms with E-state index >= 15 is 0 Å². The maximum absolute atomic E-state index is 13.8. The van der Waals surface area contributed by atoms with E-state index in [-0.39, 0.29) is 29.4 Å². The highest BCUT2D eigenvalue weighted by atomic mass is 79.9. The Morgan fingerprint density at radius 2 is 1.96 bits per heavy atom. The molecule has 10 heteroatoms. The number of carbonyl (C=O) groups is 1. The normalized spacial score (nSPS) is 15.8. The molecule has 0 radical (unpaired) electrons. The van der Waals surface area contributed by atoms with Gasteiger partial charge in [0.1, 0.15) is 10.6 Å². The van der Waals surface area contributed by atoms with Crippen LogP contribution in [0.15, 0.2) is 39.8 Å². The highest BCUT2D eigenvalue weighted by Gasteiger charge is 2.29. The van der Waals surface area contributed by atoms with Gasteiger partial charge < -0.3 is 14.0 Å². The molecule has 1 aliphatic rings. The summed E-state index contributed by atoms with van der Waals surface area (Å²) in [6.07, 6.45) is 1.33. The van der Waals surface area contributed by atoms with E-state index < -0.39 is 21.8 Å². The van der Waals surface area contributed by atoms with Gasteiger partial charge in [0.2, 0.25) is 10.0 Å².